The molecule has 0 spiro atoms. The highest BCUT2D eigenvalue weighted by Gasteiger charge is 2.17. The smallest absolute Gasteiger partial charge is 0.307 e. The van der Waals surface area contributed by atoms with Gasteiger partial charge in [0.15, 0.2) is 0 Å². The van der Waals surface area contributed by atoms with Crippen LogP contribution in [0.4, 0.5) is 0 Å². The highest BCUT2D eigenvalue weighted by atomic mass is 16.5. The highest BCUT2D eigenvalue weighted by Crippen LogP contribution is 2.25. The quantitative estimate of drug-likeness (QED) is 0.457. The van der Waals surface area contributed by atoms with Gasteiger partial charge in [0.05, 0.1) is 18.5 Å². The number of unbranched alkanes of at least 4 members (excludes halogenated alkanes) is 2. The SMILES string of the molecule is C#CCCCCOc1ccc(C(=O)n2c(C)cc3c(CC(=O)O)cccc32)cc1. The number of hydrogen-bond acceptors (Lipinski definition) is 3. The van der Waals surface area contributed by atoms with Crippen LogP contribution in [0.2, 0.25) is 0 Å². The summed E-state index contributed by atoms with van der Waals surface area (Å²) in [4.78, 5) is 24.2. The van der Waals surface area contributed by atoms with E-state index in [0.29, 0.717) is 29.0 Å². The summed E-state index contributed by atoms with van der Waals surface area (Å²) in [6.07, 6.45) is 7.71. The van der Waals surface area contributed by atoms with Crippen LogP contribution in [0.15, 0.2) is 48.5 Å². The van der Waals surface area contributed by atoms with Crippen LogP contribution in [-0.4, -0.2) is 28.2 Å². The Hall–Kier alpha value is -3.52. The molecule has 3 aromatic rings. The van der Waals surface area contributed by atoms with Crippen LogP contribution in [0, 0.1) is 19.3 Å². The maximum absolute atomic E-state index is 13.1. The minimum absolute atomic E-state index is 0.0810. The topological polar surface area (TPSA) is 68.5 Å². The van der Waals surface area contributed by atoms with Gasteiger partial charge >= 0.3 is 5.97 Å². The molecule has 3 rings (SSSR count). The Labute approximate surface area is 169 Å². The monoisotopic (exact) mass is 389 g/mol. The van der Waals surface area contributed by atoms with Gasteiger partial charge in [0.25, 0.3) is 5.91 Å². The van der Waals surface area contributed by atoms with Crippen molar-refractivity contribution in [2.75, 3.05) is 6.61 Å². The van der Waals surface area contributed by atoms with Gasteiger partial charge in [0, 0.05) is 23.1 Å². The number of nitrogens with zero attached hydrogens (tertiary/aromatic N) is 1. The number of carbonyl (C=O) groups is 2. The van der Waals surface area contributed by atoms with E-state index in [4.69, 9.17) is 16.3 Å². The van der Waals surface area contributed by atoms with E-state index in [2.05, 4.69) is 5.92 Å². The second kappa shape index (κ2) is 9.11. The molecule has 0 saturated heterocycles. The fraction of sp³-hybridized carbons (Fsp3) is 0.250. The Morgan fingerprint density at radius 3 is 2.59 bits per heavy atom. The van der Waals surface area contributed by atoms with Crippen LogP contribution in [-0.2, 0) is 11.2 Å². The summed E-state index contributed by atoms with van der Waals surface area (Å²) in [7, 11) is 0. The van der Waals surface area contributed by atoms with E-state index >= 15 is 0 Å². The number of ether oxygens (including phenoxy) is 1. The standard InChI is InChI=1S/C24H23NO4/c1-3-4-5-6-14-29-20-12-10-18(11-13-20)24(28)25-17(2)15-21-19(16-23(26)27)8-7-9-22(21)25/h1,7-13,15H,4-6,14,16H2,2H3,(H,26,27). The van der Waals surface area contributed by atoms with Gasteiger partial charge < -0.3 is 9.84 Å². The summed E-state index contributed by atoms with van der Waals surface area (Å²) in [5, 5.41) is 9.91. The van der Waals surface area contributed by atoms with Crippen molar-refractivity contribution in [3.05, 3.63) is 65.4 Å². The van der Waals surface area contributed by atoms with E-state index in [0.717, 1.165) is 30.3 Å². The average molecular weight is 389 g/mol. The molecule has 1 N–H and O–H groups in total. The second-order valence-corrected chi connectivity index (χ2v) is 6.88. The molecule has 29 heavy (non-hydrogen) atoms. The maximum atomic E-state index is 13.1. The third-order valence-electron chi connectivity index (χ3n) is 4.75. The number of aliphatic carboxylic acids is 1. The van der Waals surface area contributed by atoms with Crippen LogP contribution >= 0.6 is 0 Å². The molecule has 1 heterocycles. The Kier molecular flexibility index (Phi) is 6.36. The van der Waals surface area contributed by atoms with Crippen molar-refractivity contribution < 1.29 is 19.4 Å². The number of aryl methyl sites for hydroxylation is 1. The Balaban J connectivity index is 1.80. The third kappa shape index (κ3) is 4.67. The number of benzene rings is 2. The average Bonchev–Trinajstić information content (AvgIpc) is 3.04. The first-order chi connectivity index (χ1) is 14.0. The second-order valence-electron chi connectivity index (χ2n) is 6.88. The van der Waals surface area contributed by atoms with Crippen LogP contribution in [0.1, 0.15) is 40.9 Å². The van der Waals surface area contributed by atoms with Crippen molar-refractivity contribution in [2.24, 2.45) is 0 Å². The fourth-order valence-electron chi connectivity index (χ4n) is 3.35. The lowest BCUT2D eigenvalue weighted by molar-refractivity contribution is -0.136. The number of hydrogen-bond donors (Lipinski definition) is 1. The van der Waals surface area contributed by atoms with Crippen molar-refractivity contribution in [2.45, 2.75) is 32.6 Å². The van der Waals surface area contributed by atoms with Gasteiger partial charge in [0.2, 0.25) is 0 Å². The zero-order chi connectivity index (χ0) is 20.8. The first-order valence-corrected chi connectivity index (χ1v) is 9.54. The highest BCUT2D eigenvalue weighted by molar-refractivity contribution is 6.04. The molecular weight excluding hydrogens is 366 g/mol. The summed E-state index contributed by atoms with van der Waals surface area (Å²) in [6.45, 7) is 2.43. The Bertz CT molecular complexity index is 1070. The number of rotatable bonds is 8. The molecule has 0 bridgehead atoms. The largest absolute Gasteiger partial charge is 0.494 e. The first-order valence-electron chi connectivity index (χ1n) is 9.54. The molecular formula is C24H23NO4. The number of carboxylic acids is 1. The fourth-order valence-corrected chi connectivity index (χ4v) is 3.35. The predicted molar refractivity (Wildman–Crippen MR) is 112 cm³/mol. The normalized spacial score (nSPS) is 10.6. The van der Waals surface area contributed by atoms with Crippen molar-refractivity contribution in [1.29, 1.82) is 0 Å². The number of carboxylic acid groups (broad SMARTS) is 1. The Morgan fingerprint density at radius 2 is 1.90 bits per heavy atom. The van der Waals surface area contributed by atoms with Gasteiger partial charge in [-0.1, -0.05) is 12.1 Å². The van der Waals surface area contributed by atoms with Gasteiger partial charge in [-0.2, -0.15) is 0 Å². The molecule has 5 nitrogen and oxygen atoms in total. The number of aromatic nitrogens is 1. The lowest BCUT2D eigenvalue weighted by atomic mass is 10.1. The zero-order valence-electron chi connectivity index (χ0n) is 16.4. The number of terminal acetylenes is 1. The van der Waals surface area contributed by atoms with Gasteiger partial charge in [-0.05, 0) is 61.7 Å². The molecule has 5 heteroatoms. The number of carbonyl (C=O) groups excluding carboxylic acids is 1. The number of fused-ring (bicyclic) bond motifs is 1. The molecule has 2 aromatic carbocycles. The van der Waals surface area contributed by atoms with Crippen LogP contribution in [0.3, 0.4) is 0 Å². The van der Waals surface area contributed by atoms with Crippen molar-refractivity contribution in [1.82, 2.24) is 4.57 Å². The molecule has 0 aliphatic rings. The lowest BCUT2D eigenvalue weighted by Crippen LogP contribution is -2.13. The molecule has 0 radical (unpaired) electrons. The van der Waals surface area contributed by atoms with Crippen LogP contribution < -0.4 is 4.74 Å². The van der Waals surface area contributed by atoms with E-state index in [9.17, 15) is 9.59 Å². The molecule has 0 aliphatic carbocycles. The first kappa shape index (κ1) is 20.2. The van der Waals surface area contributed by atoms with E-state index in [1.54, 1.807) is 41.0 Å². The third-order valence-corrected chi connectivity index (χ3v) is 4.75. The van der Waals surface area contributed by atoms with Gasteiger partial charge in [-0.15, -0.1) is 12.3 Å². The summed E-state index contributed by atoms with van der Waals surface area (Å²) in [5.41, 5.74) is 2.70. The summed E-state index contributed by atoms with van der Waals surface area (Å²) in [5.74, 6) is 2.25. The Morgan fingerprint density at radius 1 is 1.14 bits per heavy atom. The van der Waals surface area contributed by atoms with E-state index in [1.165, 1.54) is 0 Å². The molecule has 0 saturated carbocycles. The predicted octanol–water partition coefficient (Wildman–Crippen LogP) is 4.45. The van der Waals surface area contributed by atoms with E-state index in [1.807, 2.05) is 19.1 Å². The van der Waals surface area contributed by atoms with Crippen LogP contribution in [0.5, 0.6) is 5.75 Å². The molecule has 0 fully saturated rings. The van der Waals surface area contributed by atoms with Gasteiger partial charge in [0.1, 0.15) is 5.75 Å². The van der Waals surface area contributed by atoms with Crippen LogP contribution in [0.25, 0.3) is 10.9 Å². The molecule has 0 unspecified atom stereocenters. The minimum Gasteiger partial charge on any atom is -0.494 e. The minimum atomic E-state index is -0.899. The summed E-state index contributed by atoms with van der Waals surface area (Å²) >= 11 is 0. The van der Waals surface area contributed by atoms with Crippen molar-refractivity contribution in [3.63, 3.8) is 0 Å². The van der Waals surface area contributed by atoms with Crippen molar-refractivity contribution >= 4 is 22.8 Å². The molecule has 1 aromatic heterocycles. The summed E-state index contributed by atoms with van der Waals surface area (Å²) < 4.78 is 7.30. The van der Waals surface area contributed by atoms with Gasteiger partial charge in [-0.3, -0.25) is 14.2 Å². The molecule has 0 atom stereocenters. The molecule has 0 aliphatic heterocycles. The summed E-state index contributed by atoms with van der Waals surface area (Å²) in [6, 6.07) is 14.3. The van der Waals surface area contributed by atoms with Gasteiger partial charge in [-0.25, -0.2) is 0 Å². The van der Waals surface area contributed by atoms with Crippen molar-refractivity contribution in [3.8, 4) is 18.1 Å². The zero-order valence-corrected chi connectivity index (χ0v) is 16.4. The van der Waals surface area contributed by atoms with E-state index < -0.39 is 5.97 Å². The molecule has 0 amide bonds. The molecule has 148 valence electrons. The van der Waals surface area contributed by atoms with E-state index in [-0.39, 0.29) is 12.3 Å². The lowest BCUT2D eigenvalue weighted by Gasteiger charge is -2.09. The maximum Gasteiger partial charge on any atom is 0.307 e.